The SMILES string of the molecule is O=S1(=O)C=CC=C1.c1ccoc1. The topological polar surface area (TPSA) is 47.3 Å². The van der Waals surface area contributed by atoms with Crippen LogP contribution in [0.5, 0.6) is 0 Å². The van der Waals surface area contributed by atoms with Crippen LogP contribution in [-0.4, -0.2) is 8.42 Å². The van der Waals surface area contributed by atoms with Crippen molar-refractivity contribution in [2.24, 2.45) is 0 Å². The normalized spacial score (nSPS) is 17.0. The first-order chi connectivity index (χ1) is 5.71. The molecule has 1 aliphatic rings. The van der Waals surface area contributed by atoms with Gasteiger partial charge < -0.3 is 4.42 Å². The fourth-order valence-corrected chi connectivity index (χ4v) is 1.29. The maximum atomic E-state index is 10.3. The molecule has 1 aromatic heterocycles. The fourth-order valence-electron chi connectivity index (χ4n) is 0.582. The second-order valence-corrected chi connectivity index (χ2v) is 3.76. The molecule has 0 saturated heterocycles. The molecule has 0 saturated carbocycles. The van der Waals surface area contributed by atoms with Crippen LogP contribution >= 0.6 is 0 Å². The lowest BCUT2D eigenvalue weighted by Crippen LogP contribution is -1.80. The van der Waals surface area contributed by atoms with Gasteiger partial charge in [-0.3, -0.25) is 0 Å². The highest BCUT2D eigenvalue weighted by Crippen LogP contribution is 2.01. The van der Waals surface area contributed by atoms with Gasteiger partial charge in [0.2, 0.25) is 0 Å². The van der Waals surface area contributed by atoms with Gasteiger partial charge >= 0.3 is 0 Å². The Bertz CT molecular complexity index is 322. The lowest BCUT2D eigenvalue weighted by Gasteiger charge is -1.73. The Morgan fingerprint density at radius 3 is 1.58 bits per heavy atom. The predicted octanol–water partition coefficient (Wildman–Crippen LogP) is 1.72. The minimum atomic E-state index is -2.91. The Morgan fingerprint density at radius 1 is 0.917 bits per heavy atom. The van der Waals surface area contributed by atoms with Gasteiger partial charge in [-0.05, 0) is 24.3 Å². The summed E-state index contributed by atoms with van der Waals surface area (Å²) in [4.78, 5) is 0. The van der Waals surface area contributed by atoms with E-state index in [1.54, 1.807) is 12.5 Å². The van der Waals surface area contributed by atoms with E-state index in [1.807, 2.05) is 12.1 Å². The Morgan fingerprint density at radius 2 is 1.42 bits per heavy atom. The van der Waals surface area contributed by atoms with E-state index in [1.165, 1.54) is 12.2 Å². The Kier molecular flexibility index (Phi) is 2.88. The van der Waals surface area contributed by atoms with Crippen molar-refractivity contribution < 1.29 is 12.8 Å². The largest absolute Gasteiger partial charge is 0.473 e. The molecule has 0 fully saturated rings. The Hall–Kier alpha value is -1.29. The summed E-state index contributed by atoms with van der Waals surface area (Å²) in [6.45, 7) is 0. The number of hydrogen-bond donors (Lipinski definition) is 0. The van der Waals surface area contributed by atoms with E-state index in [4.69, 9.17) is 0 Å². The van der Waals surface area contributed by atoms with Gasteiger partial charge in [0.15, 0.2) is 9.84 Å². The highest BCUT2D eigenvalue weighted by molar-refractivity contribution is 7.97. The molecular formula is C8H8O3S. The second-order valence-electron chi connectivity index (χ2n) is 2.04. The summed E-state index contributed by atoms with van der Waals surface area (Å²) in [6.07, 6.45) is 6.24. The van der Waals surface area contributed by atoms with Crippen LogP contribution < -0.4 is 0 Å². The van der Waals surface area contributed by atoms with Gasteiger partial charge in [0.05, 0.1) is 12.5 Å². The smallest absolute Gasteiger partial charge is 0.193 e. The minimum Gasteiger partial charge on any atom is -0.473 e. The standard InChI is InChI=1S/C4H4O2S.C4H4O/c5-7(6)3-1-2-4-7;1-2-4-5-3-1/h1-4H;1-4H. The molecular weight excluding hydrogens is 176 g/mol. The van der Waals surface area contributed by atoms with Crippen molar-refractivity contribution in [2.45, 2.75) is 0 Å². The maximum Gasteiger partial charge on any atom is 0.193 e. The number of sulfone groups is 1. The molecule has 2 rings (SSSR count). The van der Waals surface area contributed by atoms with Crippen molar-refractivity contribution in [1.29, 1.82) is 0 Å². The van der Waals surface area contributed by atoms with Crippen LogP contribution in [0, 0.1) is 0 Å². The first-order valence-corrected chi connectivity index (χ1v) is 4.89. The van der Waals surface area contributed by atoms with Gasteiger partial charge in [-0.15, -0.1) is 0 Å². The fraction of sp³-hybridized carbons (Fsp3) is 0. The predicted molar refractivity (Wildman–Crippen MR) is 45.9 cm³/mol. The van der Waals surface area contributed by atoms with E-state index in [0.29, 0.717) is 0 Å². The van der Waals surface area contributed by atoms with E-state index in [-0.39, 0.29) is 0 Å². The van der Waals surface area contributed by atoms with Gasteiger partial charge in [-0.2, -0.15) is 0 Å². The van der Waals surface area contributed by atoms with Gasteiger partial charge in [0, 0.05) is 10.8 Å². The molecule has 0 amide bonds. The van der Waals surface area contributed by atoms with Crippen molar-refractivity contribution in [3.8, 4) is 0 Å². The van der Waals surface area contributed by atoms with Crippen LogP contribution in [0.1, 0.15) is 0 Å². The molecule has 0 unspecified atom stereocenters. The summed E-state index contributed by atoms with van der Waals surface area (Å²) in [7, 11) is -2.91. The van der Waals surface area contributed by atoms with Gasteiger partial charge in [0.25, 0.3) is 0 Å². The third-order valence-electron chi connectivity index (χ3n) is 1.07. The lowest BCUT2D eigenvalue weighted by atomic mass is 10.6. The van der Waals surface area contributed by atoms with E-state index in [2.05, 4.69) is 4.42 Å². The molecule has 0 bridgehead atoms. The van der Waals surface area contributed by atoms with Crippen molar-refractivity contribution >= 4 is 9.84 Å². The molecule has 12 heavy (non-hydrogen) atoms. The summed E-state index contributed by atoms with van der Waals surface area (Å²) in [5, 5.41) is 2.32. The molecule has 2 heterocycles. The molecule has 0 aliphatic carbocycles. The van der Waals surface area contributed by atoms with E-state index >= 15 is 0 Å². The molecule has 0 N–H and O–H groups in total. The molecule has 0 radical (unpaired) electrons. The van der Waals surface area contributed by atoms with Crippen LogP contribution in [0.2, 0.25) is 0 Å². The Balaban J connectivity index is 0.000000127. The third-order valence-corrected chi connectivity index (χ3v) is 2.15. The molecule has 1 aliphatic heterocycles. The highest BCUT2D eigenvalue weighted by Gasteiger charge is 2.00. The molecule has 0 aromatic carbocycles. The minimum absolute atomic E-state index is 1.16. The van der Waals surface area contributed by atoms with E-state index in [9.17, 15) is 8.42 Å². The zero-order chi connectivity index (χ0) is 8.86. The number of hydrogen-bond acceptors (Lipinski definition) is 3. The van der Waals surface area contributed by atoms with Crippen molar-refractivity contribution in [3.63, 3.8) is 0 Å². The van der Waals surface area contributed by atoms with Crippen molar-refractivity contribution in [3.05, 3.63) is 47.6 Å². The van der Waals surface area contributed by atoms with Crippen molar-refractivity contribution in [1.82, 2.24) is 0 Å². The number of rotatable bonds is 0. The summed E-state index contributed by atoms with van der Waals surface area (Å²) < 4.78 is 25.1. The quantitative estimate of drug-likeness (QED) is 0.616. The monoisotopic (exact) mass is 184 g/mol. The molecule has 4 heteroatoms. The van der Waals surface area contributed by atoms with E-state index < -0.39 is 9.84 Å². The van der Waals surface area contributed by atoms with Crippen LogP contribution in [0.4, 0.5) is 0 Å². The first-order valence-electron chi connectivity index (χ1n) is 3.28. The molecule has 3 nitrogen and oxygen atoms in total. The average molecular weight is 184 g/mol. The average Bonchev–Trinajstić information content (AvgIpc) is 2.60. The molecule has 0 atom stereocenters. The van der Waals surface area contributed by atoms with Gasteiger partial charge in [-0.25, -0.2) is 8.42 Å². The van der Waals surface area contributed by atoms with Crippen LogP contribution in [0.15, 0.2) is 52.0 Å². The van der Waals surface area contributed by atoms with E-state index in [0.717, 1.165) is 10.8 Å². The van der Waals surface area contributed by atoms with Crippen molar-refractivity contribution in [2.75, 3.05) is 0 Å². The summed E-state index contributed by atoms with van der Waals surface area (Å²) in [6, 6.07) is 3.67. The third kappa shape index (κ3) is 3.21. The van der Waals surface area contributed by atoms with Gasteiger partial charge in [-0.1, -0.05) is 0 Å². The summed E-state index contributed by atoms with van der Waals surface area (Å²) in [5.74, 6) is 0. The summed E-state index contributed by atoms with van der Waals surface area (Å²) in [5.41, 5.74) is 0. The van der Waals surface area contributed by atoms with Crippen LogP contribution in [0.3, 0.4) is 0 Å². The molecule has 64 valence electrons. The Labute approximate surface area is 70.9 Å². The summed E-state index contributed by atoms with van der Waals surface area (Å²) >= 11 is 0. The highest BCUT2D eigenvalue weighted by atomic mass is 32.2. The molecule has 0 spiro atoms. The zero-order valence-corrected chi connectivity index (χ0v) is 7.07. The lowest BCUT2D eigenvalue weighted by molar-refractivity contribution is 0.567. The second kappa shape index (κ2) is 3.92. The zero-order valence-electron chi connectivity index (χ0n) is 6.25. The number of furan rings is 1. The molecule has 1 aromatic rings. The van der Waals surface area contributed by atoms with Crippen LogP contribution in [0.25, 0.3) is 0 Å². The first kappa shape index (κ1) is 8.80. The van der Waals surface area contributed by atoms with Gasteiger partial charge in [0.1, 0.15) is 0 Å². The number of allylic oxidation sites excluding steroid dienone is 2. The maximum absolute atomic E-state index is 10.3. The van der Waals surface area contributed by atoms with Crippen LogP contribution in [-0.2, 0) is 9.84 Å².